The fraction of sp³-hybridized carbons (Fsp3) is 0.600. The second kappa shape index (κ2) is 10.6. The minimum absolute atomic E-state index is 0.671. The highest BCUT2D eigenvalue weighted by atomic mass is 35.5. The zero-order chi connectivity index (χ0) is 15.5. The van der Waals surface area contributed by atoms with Gasteiger partial charge in [-0.3, -0.25) is 0 Å². The lowest BCUT2D eigenvalue weighted by molar-refractivity contribution is 0.122. The lowest BCUT2D eigenvalue weighted by Gasteiger charge is -2.30. The van der Waals surface area contributed by atoms with Gasteiger partial charge >= 0.3 is 0 Å². The summed E-state index contributed by atoms with van der Waals surface area (Å²) in [5.41, 5.74) is 8.44. The van der Waals surface area contributed by atoms with E-state index in [0.29, 0.717) is 10.7 Å². The van der Waals surface area contributed by atoms with Crippen LogP contribution in [-0.4, -0.2) is 33.4 Å². The second-order valence-corrected chi connectivity index (χ2v) is 4.15. The molecule has 1 aromatic carbocycles. The highest BCUT2D eigenvalue weighted by molar-refractivity contribution is 6.33. The number of nitrogens with two attached hydrogens (primary N) is 1. The van der Waals surface area contributed by atoms with Crippen molar-refractivity contribution in [2.75, 3.05) is 49.3 Å². The van der Waals surface area contributed by atoms with E-state index in [1.54, 1.807) is 6.07 Å². The van der Waals surface area contributed by atoms with Gasteiger partial charge in [-0.25, -0.2) is 0 Å². The van der Waals surface area contributed by atoms with E-state index in [0.717, 1.165) is 37.7 Å². The summed E-state index contributed by atoms with van der Waals surface area (Å²) >= 11 is 6.20. The fourth-order valence-corrected chi connectivity index (χ4v) is 2.13. The van der Waals surface area contributed by atoms with E-state index in [9.17, 15) is 0 Å². The molecule has 4 nitrogen and oxygen atoms in total. The number of hydrogen-bond acceptors (Lipinski definition) is 4. The first-order chi connectivity index (χ1) is 9.72. The zero-order valence-electron chi connectivity index (χ0n) is 13.3. The van der Waals surface area contributed by atoms with Gasteiger partial charge in [-0.05, 0) is 12.1 Å². The molecule has 2 rings (SSSR count). The second-order valence-electron chi connectivity index (χ2n) is 3.74. The third kappa shape index (κ3) is 5.10. The van der Waals surface area contributed by atoms with E-state index in [4.69, 9.17) is 22.1 Å². The van der Waals surface area contributed by atoms with E-state index in [1.807, 2.05) is 40.8 Å². The first kappa shape index (κ1) is 18.9. The molecule has 0 aliphatic carbocycles. The number of nitrogen functional groups attached to an aromatic ring is 1. The highest BCUT2D eigenvalue weighted by Crippen LogP contribution is 2.33. The standard InChI is InChI=1S/C11H16ClN3O.2C2H6/c1-14-10-7-11(8(12)6-9(10)13)15-2-4-16-5-3-15;2*1-2/h6-7,14H,2-5,13H2,1H3;2*1-2H3. The van der Waals surface area contributed by atoms with Gasteiger partial charge in [0.2, 0.25) is 0 Å². The molecular formula is C15H28ClN3O. The van der Waals surface area contributed by atoms with Gasteiger partial charge in [-0.1, -0.05) is 39.3 Å². The van der Waals surface area contributed by atoms with Gasteiger partial charge < -0.3 is 20.7 Å². The molecular weight excluding hydrogens is 274 g/mol. The van der Waals surface area contributed by atoms with E-state index in [-0.39, 0.29) is 0 Å². The van der Waals surface area contributed by atoms with Crippen molar-refractivity contribution < 1.29 is 4.74 Å². The molecule has 20 heavy (non-hydrogen) atoms. The summed E-state index contributed by atoms with van der Waals surface area (Å²) in [5, 5.41) is 3.75. The molecule has 0 unspecified atom stereocenters. The molecule has 0 spiro atoms. The zero-order valence-corrected chi connectivity index (χ0v) is 14.0. The van der Waals surface area contributed by atoms with Crippen molar-refractivity contribution >= 4 is 28.7 Å². The summed E-state index contributed by atoms with van der Waals surface area (Å²) in [7, 11) is 1.85. The third-order valence-corrected chi connectivity index (χ3v) is 3.04. The summed E-state index contributed by atoms with van der Waals surface area (Å²) in [6.45, 7) is 11.2. The summed E-state index contributed by atoms with van der Waals surface area (Å²) in [6.07, 6.45) is 0. The average molecular weight is 302 g/mol. The molecule has 1 aliphatic rings. The highest BCUT2D eigenvalue weighted by Gasteiger charge is 2.15. The van der Waals surface area contributed by atoms with Crippen LogP contribution in [-0.2, 0) is 4.74 Å². The first-order valence-electron chi connectivity index (χ1n) is 7.32. The number of morpholine rings is 1. The van der Waals surface area contributed by atoms with Crippen molar-refractivity contribution in [1.82, 2.24) is 0 Å². The topological polar surface area (TPSA) is 50.5 Å². The Morgan fingerprint density at radius 1 is 1.15 bits per heavy atom. The minimum Gasteiger partial charge on any atom is -0.397 e. The number of anilines is 3. The van der Waals surface area contributed by atoms with E-state index >= 15 is 0 Å². The van der Waals surface area contributed by atoms with Crippen molar-refractivity contribution in [3.8, 4) is 0 Å². The van der Waals surface area contributed by atoms with Crippen LogP contribution < -0.4 is 16.0 Å². The predicted molar refractivity (Wildman–Crippen MR) is 91.1 cm³/mol. The molecule has 0 bridgehead atoms. The molecule has 1 aromatic rings. The molecule has 1 saturated heterocycles. The van der Waals surface area contributed by atoms with Gasteiger partial charge in [0.1, 0.15) is 0 Å². The number of ether oxygens (including phenoxy) is 1. The van der Waals surface area contributed by atoms with Crippen molar-refractivity contribution in [1.29, 1.82) is 0 Å². The van der Waals surface area contributed by atoms with Crippen LogP contribution in [0.15, 0.2) is 12.1 Å². The first-order valence-corrected chi connectivity index (χ1v) is 7.69. The maximum Gasteiger partial charge on any atom is 0.0661 e. The van der Waals surface area contributed by atoms with Crippen molar-refractivity contribution in [2.24, 2.45) is 0 Å². The summed E-state index contributed by atoms with van der Waals surface area (Å²) < 4.78 is 5.32. The quantitative estimate of drug-likeness (QED) is 0.815. The Hall–Kier alpha value is -1.13. The van der Waals surface area contributed by atoms with Crippen molar-refractivity contribution in [3.63, 3.8) is 0 Å². The van der Waals surface area contributed by atoms with Crippen LogP contribution in [0.2, 0.25) is 5.02 Å². The van der Waals surface area contributed by atoms with E-state index < -0.39 is 0 Å². The number of halogens is 1. The van der Waals surface area contributed by atoms with Crippen LogP contribution in [0.1, 0.15) is 27.7 Å². The fourth-order valence-electron chi connectivity index (χ4n) is 1.84. The van der Waals surface area contributed by atoms with Gasteiger partial charge in [0.15, 0.2) is 0 Å². The van der Waals surface area contributed by atoms with Crippen LogP contribution in [0.5, 0.6) is 0 Å². The molecule has 116 valence electrons. The van der Waals surface area contributed by atoms with Crippen molar-refractivity contribution in [3.05, 3.63) is 17.2 Å². The molecule has 0 saturated carbocycles. The Morgan fingerprint density at radius 3 is 2.20 bits per heavy atom. The molecule has 0 atom stereocenters. The van der Waals surface area contributed by atoms with Crippen LogP contribution in [0.3, 0.4) is 0 Å². The minimum atomic E-state index is 0.671. The Labute approximate surface area is 128 Å². The van der Waals surface area contributed by atoms with Crippen LogP contribution >= 0.6 is 11.6 Å². The summed E-state index contributed by atoms with van der Waals surface area (Å²) in [5.74, 6) is 0. The number of hydrogen-bond donors (Lipinski definition) is 2. The monoisotopic (exact) mass is 301 g/mol. The largest absolute Gasteiger partial charge is 0.397 e. The van der Waals surface area contributed by atoms with E-state index in [1.165, 1.54) is 0 Å². The number of benzene rings is 1. The lowest BCUT2D eigenvalue weighted by atomic mass is 10.2. The van der Waals surface area contributed by atoms with Crippen LogP contribution in [0.25, 0.3) is 0 Å². The molecule has 0 radical (unpaired) electrons. The van der Waals surface area contributed by atoms with Gasteiger partial charge in [0.25, 0.3) is 0 Å². The number of nitrogens with one attached hydrogen (secondary N) is 1. The Balaban J connectivity index is 0.000000829. The smallest absolute Gasteiger partial charge is 0.0661 e. The Kier molecular flexibility index (Phi) is 10.0. The number of rotatable bonds is 2. The van der Waals surface area contributed by atoms with Gasteiger partial charge in [0.05, 0.1) is 35.3 Å². The summed E-state index contributed by atoms with van der Waals surface area (Å²) in [4.78, 5) is 2.21. The average Bonchev–Trinajstić information content (AvgIpc) is 2.52. The van der Waals surface area contributed by atoms with Gasteiger partial charge in [0, 0.05) is 20.1 Å². The predicted octanol–water partition coefficient (Wildman–Crippen LogP) is 3.85. The molecule has 1 heterocycles. The molecule has 3 N–H and O–H groups in total. The van der Waals surface area contributed by atoms with Crippen molar-refractivity contribution in [2.45, 2.75) is 27.7 Å². The van der Waals surface area contributed by atoms with Crippen LogP contribution in [0, 0.1) is 0 Å². The Bertz CT molecular complexity index is 380. The molecule has 1 fully saturated rings. The normalized spacial score (nSPS) is 13.6. The molecule has 1 aliphatic heterocycles. The molecule has 0 amide bonds. The van der Waals surface area contributed by atoms with Gasteiger partial charge in [-0.15, -0.1) is 0 Å². The summed E-state index contributed by atoms with van der Waals surface area (Å²) in [6, 6.07) is 3.78. The maximum atomic E-state index is 6.20. The van der Waals surface area contributed by atoms with Gasteiger partial charge in [-0.2, -0.15) is 0 Å². The molecule has 5 heteroatoms. The SMILES string of the molecule is CC.CC.CNc1cc(N2CCOCC2)c(Cl)cc1N. The Morgan fingerprint density at radius 2 is 1.70 bits per heavy atom. The van der Waals surface area contributed by atoms with Crippen LogP contribution in [0.4, 0.5) is 17.1 Å². The maximum absolute atomic E-state index is 6.20. The number of nitrogens with zero attached hydrogens (tertiary/aromatic N) is 1. The molecule has 0 aromatic heterocycles. The lowest BCUT2D eigenvalue weighted by Crippen LogP contribution is -2.36. The van der Waals surface area contributed by atoms with E-state index in [2.05, 4.69) is 10.2 Å². The third-order valence-electron chi connectivity index (χ3n) is 2.74.